The highest BCUT2D eigenvalue weighted by Crippen LogP contribution is 2.47. The Hall–Kier alpha value is -0.830. The van der Waals surface area contributed by atoms with Crippen LogP contribution in [0.4, 0.5) is 0 Å². The van der Waals surface area contributed by atoms with E-state index in [0.717, 1.165) is 19.3 Å². The fourth-order valence-corrected chi connectivity index (χ4v) is 1.82. The van der Waals surface area contributed by atoms with E-state index >= 15 is 0 Å². The van der Waals surface area contributed by atoms with E-state index in [0.29, 0.717) is 6.61 Å². The SMILES string of the molecule is CC(C)(C)n1cc(CC2(CO)CC2)cn1. The van der Waals surface area contributed by atoms with Gasteiger partial charge >= 0.3 is 0 Å². The van der Waals surface area contributed by atoms with Crippen molar-refractivity contribution in [2.24, 2.45) is 5.41 Å². The first-order valence-electron chi connectivity index (χ1n) is 5.60. The Labute approximate surface area is 91.1 Å². The van der Waals surface area contributed by atoms with Crippen molar-refractivity contribution in [2.75, 3.05) is 6.61 Å². The quantitative estimate of drug-likeness (QED) is 0.824. The van der Waals surface area contributed by atoms with Gasteiger partial charge in [-0.1, -0.05) is 0 Å². The molecular weight excluding hydrogens is 188 g/mol. The third-order valence-corrected chi connectivity index (χ3v) is 3.20. The molecule has 2 rings (SSSR count). The van der Waals surface area contributed by atoms with Crippen molar-refractivity contribution in [3.8, 4) is 0 Å². The van der Waals surface area contributed by atoms with Crippen LogP contribution in [-0.2, 0) is 12.0 Å². The Morgan fingerprint density at radius 2 is 2.13 bits per heavy atom. The molecule has 1 saturated carbocycles. The molecule has 1 aromatic rings. The van der Waals surface area contributed by atoms with E-state index in [1.807, 2.05) is 10.9 Å². The molecule has 1 aliphatic rings. The van der Waals surface area contributed by atoms with Crippen LogP contribution in [0.3, 0.4) is 0 Å². The van der Waals surface area contributed by atoms with Gasteiger partial charge in [-0.15, -0.1) is 0 Å². The van der Waals surface area contributed by atoms with Gasteiger partial charge in [-0.05, 0) is 51.0 Å². The Morgan fingerprint density at radius 3 is 2.53 bits per heavy atom. The van der Waals surface area contributed by atoms with Gasteiger partial charge < -0.3 is 5.11 Å². The van der Waals surface area contributed by atoms with Gasteiger partial charge in [0.05, 0.1) is 11.7 Å². The lowest BCUT2D eigenvalue weighted by molar-refractivity contribution is 0.211. The molecule has 0 bridgehead atoms. The molecule has 0 aliphatic heterocycles. The summed E-state index contributed by atoms with van der Waals surface area (Å²) in [6, 6.07) is 0. The van der Waals surface area contributed by atoms with Crippen LogP contribution in [0, 0.1) is 5.41 Å². The van der Waals surface area contributed by atoms with Crippen LogP contribution in [0.25, 0.3) is 0 Å². The number of rotatable bonds is 3. The van der Waals surface area contributed by atoms with E-state index in [9.17, 15) is 5.11 Å². The van der Waals surface area contributed by atoms with Gasteiger partial charge in [0.2, 0.25) is 0 Å². The zero-order chi connectivity index (χ0) is 11.1. The minimum atomic E-state index is 0.0498. The van der Waals surface area contributed by atoms with E-state index in [4.69, 9.17) is 0 Å². The minimum absolute atomic E-state index is 0.0498. The van der Waals surface area contributed by atoms with Crippen LogP contribution in [0.5, 0.6) is 0 Å². The molecule has 0 saturated heterocycles. The summed E-state index contributed by atoms with van der Waals surface area (Å²) in [6.45, 7) is 6.74. The van der Waals surface area contributed by atoms with E-state index in [-0.39, 0.29) is 11.0 Å². The molecule has 1 N–H and O–H groups in total. The summed E-state index contributed by atoms with van der Waals surface area (Å²) in [5, 5.41) is 13.6. The fraction of sp³-hybridized carbons (Fsp3) is 0.750. The predicted molar refractivity (Wildman–Crippen MR) is 59.7 cm³/mol. The number of aliphatic hydroxyl groups is 1. The van der Waals surface area contributed by atoms with Crippen molar-refractivity contribution >= 4 is 0 Å². The second-order valence-corrected chi connectivity index (χ2v) is 5.80. The third kappa shape index (κ3) is 2.23. The summed E-state index contributed by atoms with van der Waals surface area (Å²) in [6.07, 6.45) is 7.32. The van der Waals surface area contributed by atoms with Gasteiger partial charge in [-0.2, -0.15) is 5.10 Å². The zero-order valence-electron chi connectivity index (χ0n) is 9.82. The van der Waals surface area contributed by atoms with Gasteiger partial charge in [-0.25, -0.2) is 0 Å². The van der Waals surface area contributed by atoms with Crippen molar-refractivity contribution in [1.29, 1.82) is 0 Å². The monoisotopic (exact) mass is 208 g/mol. The van der Waals surface area contributed by atoms with Crippen molar-refractivity contribution in [1.82, 2.24) is 9.78 Å². The summed E-state index contributed by atoms with van der Waals surface area (Å²) in [4.78, 5) is 0. The molecule has 3 heteroatoms. The fourth-order valence-electron chi connectivity index (χ4n) is 1.82. The van der Waals surface area contributed by atoms with Crippen LogP contribution in [-0.4, -0.2) is 21.5 Å². The lowest BCUT2D eigenvalue weighted by Gasteiger charge is -2.18. The van der Waals surface area contributed by atoms with E-state index in [2.05, 4.69) is 32.1 Å². The molecule has 0 atom stereocenters. The molecule has 84 valence electrons. The Bertz CT molecular complexity index is 345. The largest absolute Gasteiger partial charge is 0.396 e. The van der Waals surface area contributed by atoms with Crippen molar-refractivity contribution < 1.29 is 5.11 Å². The van der Waals surface area contributed by atoms with Crippen LogP contribution in [0.15, 0.2) is 12.4 Å². The molecular formula is C12H20N2O. The zero-order valence-corrected chi connectivity index (χ0v) is 9.82. The molecule has 1 aliphatic carbocycles. The first-order valence-corrected chi connectivity index (χ1v) is 5.60. The van der Waals surface area contributed by atoms with Crippen LogP contribution < -0.4 is 0 Å². The summed E-state index contributed by atoms with van der Waals surface area (Å²) in [5.41, 5.74) is 1.48. The maximum absolute atomic E-state index is 9.26. The molecule has 0 spiro atoms. The predicted octanol–water partition coefficient (Wildman–Crippen LogP) is 1.95. The summed E-state index contributed by atoms with van der Waals surface area (Å²) >= 11 is 0. The molecule has 0 unspecified atom stereocenters. The first-order chi connectivity index (χ1) is 6.95. The van der Waals surface area contributed by atoms with Gasteiger partial charge in [0.1, 0.15) is 0 Å². The van der Waals surface area contributed by atoms with E-state index in [1.165, 1.54) is 5.56 Å². The van der Waals surface area contributed by atoms with Gasteiger partial charge in [0.25, 0.3) is 0 Å². The van der Waals surface area contributed by atoms with Crippen LogP contribution >= 0.6 is 0 Å². The van der Waals surface area contributed by atoms with Crippen molar-refractivity contribution in [3.63, 3.8) is 0 Å². The average Bonchev–Trinajstić information content (AvgIpc) is 2.73. The molecule has 3 nitrogen and oxygen atoms in total. The number of hydrogen-bond donors (Lipinski definition) is 1. The normalized spacial score (nSPS) is 19.2. The van der Waals surface area contributed by atoms with Crippen molar-refractivity contribution in [2.45, 2.75) is 45.6 Å². The first kappa shape index (κ1) is 10.7. The second-order valence-electron chi connectivity index (χ2n) is 5.80. The van der Waals surface area contributed by atoms with Gasteiger partial charge in [-0.3, -0.25) is 4.68 Å². The third-order valence-electron chi connectivity index (χ3n) is 3.20. The highest BCUT2D eigenvalue weighted by molar-refractivity contribution is 5.12. The molecule has 0 radical (unpaired) electrons. The Morgan fingerprint density at radius 1 is 1.47 bits per heavy atom. The molecule has 1 heterocycles. The van der Waals surface area contributed by atoms with E-state index in [1.54, 1.807) is 0 Å². The minimum Gasteiger partial charge on any atom is -0.396 e. The molecule has 0 aromatic carbocycles. The number of aromatic nitrogens is 2. The Balaban J connectivity index is 2.08. The molecule has 0 amide bonds. The smallest absolute Gasteiger partial charge is 0.0543 e. The molecule has 1 fully saturated rings. The topological polar surface area (TPSA) is 38.0 Å². The lowest BCUT2D eigenvalue weighted by atomic mass is 10.00. The van der Waals surface area contributed by atoms with Crippen LogP contribution in [0.1, 0.15) is 39.2 Å². The second kappa shape index (κ2) is 3.34. The molecule has 1 aromatic heterocycles. The number of aliphatic hydroxyl groups excluding tert-OH is 1. The summed E-state index contributed by atoms with van der Waals surface area (Å²) in [5.74, 6) is 0. The maximum Gasteiger partial charge on any atom is 0.0543 e. The summed E-state index contributed by atoms with van der Waals surface area (Å²) in [7, 11) is 0. The highest BCUT2D eigenvalue weighted by atomic mass is 16.3. The van der Waals surface area contributed by atoms with Crippen molar-refractivity contribution in [3.05, 3.63) is 18.0 Å². The highest BCUT2D eigenvalue weighted by Gasteiger charge is 2.42. The average molecular weight is 208 g/mol. The number of nitrogens with zero attached hydrogens (tertiary/aromatic N) is 2. The van der Waals surface area contributed by atoms with Gasteiger partial charge in [0, 0.05) is 12.8 Å². The van der Waals surface area contributed by atoms with E-state index < -0.39 is 0 Å². The lowest BCUT2D eigenvalue weighted by Crippen LogP contribution is -2.22. The maximum atomic E-state index is 9.26. The molecule has 15 heavy (non-hydrogen) atoms. The standard InChI is InChI=1S/C12H20N2O/c1-11(2,3)14-8-10(7-13-14)6-12(9-15)4-5-12/h7-8,15H,4-6,9H2,1-3H3. The number of hydrogen-bond acceptors (Lipinski definition) is 2. The van der Waals surface area contributed by atoms with Crippen LogP contribution in [0.2, 0.25) is 0 Å². The summed E-state index contributed by atoms with van der Waals surface area (Å²) < 4.78 is 2.00. The Kier molecular flexibility index (Phi) is 2.38. The van der Waals surface area contributed by atoms with Gasteiger partial charge in [0.15, 0.2) is 0 Å².